The van der Waals surface area contributed by atoms with Gasteiger partial charge in [0.25, 0.3) is 0 Å². The first-order valence-corrected chi connectivity index (χ1v) is 8.80. The number of unbranched alkanes of at least 4 members (excludes halogenated alkanes) is 2. The molecule has 0 spiro atoms. The van der Waals surface area contributed by atoms with Crippen molar-refractivity contribution < 1.29 is 8.42 Å². The van der Waals surface area contributed by atoms with Gasteiger partial charge in [0.05, 0.1) is 10.1 Å². The Balaban J connectivity index is 2.05. The first kappa shape index (κ1) is 14.6. The summed E-state index contributed by atoms with van der Waals surface area (Å²) < 4.78 is 24.8. The van der Waals surface area contributed by atoms with E-state index in [4.69, 9.17) is 0 Å². The lowest BCUT2D eigenvalue weighted by molar-refractivity contribution is 0.579. The van der Waals surface area contributed by atoms with Crippen molar-refractivity contribution in [2.45, 2.75) is 62.0 Å². The summed E-state index contributed by atoms with van der Waals surface area (Å²) in [6.45, 7) is 2.07. The summed E-state index contributed by atoms with van der Waals surface area (Å²) in [5, 5.41) is -0.145. The lowest BCUT2D eigenvalue weighted by Crippen LogP contribution is -2.17. The molecule has 1 radical (unpaired) electrons. The molecule has 1 saturated carbocycles. The molecule has 0 atom stereocenters. The molecule has 0 aromatic heterocycles. The van der Waals surface area contributed by atoms with E-state index in [0.717, 1.165) is 44.9 Å². The molecule has 1 aliphatic rings. The van der Waals surface area contributed by atoms with Crippen LogP contribution in [0.15, 0.2) is 29.2 Å². The molecule has 1 aromatic carbocycles. The maximum atomic E-state index is 12.4. The highest BCUT2D eigenvalue weighted by Crippen LogP contribution is 2.29. The van der Waals surface area contributed by atoms with Crippen molar-refractivity contribution in [1.29, 1.82) is 0 Å². The van der Waals surface area contributed by atoms with Crippen LogP contribution in [0.1, 0.15) is 51.0 Å². The third kappa shape index (κ3) is 3.59. The van der Waals surface area contributed by atoms with Crippen LogP contribution in [0.3, 0.4) is 0 Å². The van der Waals surface area contributed by atoms with Crippen LogP contribution in [0.5, 0.6) is 0 Å². The fourth-order valence-electron chi connectivity index (χ4n) is 2.75. The number of hydrogen-bond acceptors (Lipinski definition) is 2. The summed E-state index contributed by atoms with van der Waals surface area (Å²) in [6.07, 6.45) is 9.19. The fraction of sp³-hybridized carbons (Fsp3) is 0.562. The van der Waals surface area contributed by atoms with E-state index in [0.29, 0.717) is 4.90 Å². The molecule has 0 unspecified atom stereocenters. The molecule has 1 fully saturated rings. The highest BCUT2D eigenvalue weighted by atomic mass is 32.2. The zero-order valence-corrected chi connectivity index (χ0v) is 12.5. The van der Waals surface area contributed by atoms with Gasteiger partial charge in [-0.3, -0.25) is 0 Å². The van der Waals surface area contributed by atoms with Gasteiger partial charge in [0.1, 0.15) is 0 Å². The minimum Gasteiger partial charge on any atom is -0.223 e. The predicted octanol–water partition coefficient (Wildman–Crippen LogP) is 3.95. The van der Waals surface area contributed by atoms with Crippen molar-refractivity contribution >= 4 is 9.84 Å². The summed E-state index contributed by atoms with van der Waals surface area (Å²) >= 11 is 0. The Kier molecular flexibility index (Phi) is 5.03. The van der Waals surface area contributed by atoms with E-state index in [-0.39, 0.29) is 5.25 Å². The summed E-state index contributed by atoms with van der Waals surface area (Å²) in [7, 11) is -3.09. The molecule has 0 N–H and O–H groups in total. The van der Waals surface area contributed by atoms with Crippen LogP contribution >= 0.6 is 0 Å². The highest BCUT2D eigenvalue weighted by molar-refractivity contribution is 7.92. The van der Waals surface area contributed by atoms with Crippen molar-refractivity contribution in [2.75, 3.05) is 0 Å². The van der Waals surface area contributed by atoms with Crippen LogP contribution in [-0.4, -0.2) is 13.7 Å². The number of aryl methyl sites for hydroxylation is 1. The highest BCUT2D eigenvalue weighted by Gasteiger charge is 2.29. The zero-order valence-electron chi connectivity index (χ0n) is 11.6. The van der Waals surface area contributed by atoms with Crippen molar-refractivity contribution in [2.24, 2.45) is 0 Å². The van der Waals surface area contributed by atoms with E-state index in [1.165, 1.54) is 5.56 Å². The molecule has 3 heteroatoms. The van der Waals surface area contributed by atoms with Gasteiger partial charge in [0.2, 0.25) is 0 Å². The maximum Gasteiger partial charge on any atom is 0.181 e. The summed E-state index contributed by atoms with van der Waals surface area (Å²) in [6, 6.07) is 7.52. The second-order valence-electron chi connectivity index (χ2n) is 5.40. The number of rotatable bonds is 6. The Bertz CT molecular complexity index is 482. The van der Waals surface area contributed by atoms with Crippen LogP contribution in [0.4, 0.5) is 0 Å². The second-order valence-corrected chi connectivity index (χ2v) is 7.62. The molecular weight excluding hydrogens is 256 g/mol. The lowest BCUT2D eigenvalue weighted by Gasteiger charge is -2.11. The molecule has 2 rings (SSSR count). The quantitative estimate of drug-likeness (QED) is 0.739. The smallest absolute Gasteiger partial charge is 0.181 e. The molecular formula is C16H23O2S. The van der Waals surface area contributed by atoms with Gasteiger partial charge in [-0.1, -0.05) is 38.3 Å². The van der Waals surface area contributed by atoms with Crippen molar-refractivity contribution in [3.05, 3.63) is 36.2 Å². The minimum atomic E-state index is -3.09. The van der Waals surface area contributed by atoms with Gasteiger partial charge in [-0.05, 0) is 49.8 Å². The van der Waals surface area contributed by atoms with Crippen LogP contribution in [0.2, 0.25) is 0 Å². The van der Waals surface area contributed by atoms with Crippen LogP contribution in [-0.2, 0) is 16.3 Å². The predicted molar refractivity (Wildman–Crippen MR) is 78.8 cm³/mol. The average molecular weight is 279 g/mol. The van der Waals surface area contributed by atoms with Crippen molar-refractivity contribution in [1.82, 2.24) is 0 Å². The van der Waals surface area contributed by atoms with E-state index < -0.39 is 9.84 Å². The summed E-state index contributed by atoms with van der Waals surface area (Å²) in [5.41, 5.74) is 1.23. The van der Waals surface area contributed by atoms with Gasteiger partial charge in [-0.15, -0.1) is 0 Å². The van der Waals surface area contributed by atoms with Crippen LogP contribution < -0.4 is 0 Å². The molecule has 0 aliphatic heterocycles. The molecule has 0 bridgehead atoms. The summed E-state index contributed by atoms with van der Waals surface area (Å²) in [5.74, 6) is 0. The third-order valence-electron chi connectivity index (χ3n) is 3.95. The molecule has 1 aromatic rings. The van der Waals surface area contributed by atoms with E-state index in [2.05, 4.69) is 13.3 Å². The van der Waals surface area contributed by atoms with Gasteiger partial charge >= 0.3 is 0 Å². The Labute approximate surface area is 117 Å². The van der Waals surface area contributed by atoms with Crippen molar-refractivity contribution in [3.63, 3.8) is 0 Å². The second kappa shape index (κ2) is 6.56. The molecule has 2 nitrogen and oxygen atoms in total. The van der Waals surface area contributed by atoms with Gasteiger partial charge in [-0.25, -0.2) is 8.42 Å². The van der Waals surface area contributed by atoms with Gasteiger partial charge in [0, 0.05) is 0 Å². The first-order chi connectivity index (χ1) is 9.14. The molecule has 1 aliphatic carbocycles. The maximum absolute atomic E-state index is 12.4. The molecule has 0 heterocycles. The molecule has 105 valence electrons. The Hall–Kier alpha value is -0.830. The molecule has 0 saturated heterocycles. The molecule has 0 amide bonds. The van der Waals surface area contributed by atoms with Crippen LogP contribution in [0.25, 0.3) is 0 Å². The van der Waals surface area contributed by atoms with Gasteiger partial charge < -0.3 is 0 Å². The van der Waals surface area contributed by atoms with E-state index >= 15 is 0 Å². The Morgan fingerprint density at radius 3 is 2.37 bits per heavy atom. The normalized spacial score (nSPS) is 16.9. The van der Waals surface area contributed by atoms with Gasteiger partial charge in [0.15, 0.2) is 9.84 Å². The molecule has 19 heavy (non-hydrogen) atoms. The van der Waals surface area contributed by atoms with Gasteiger partial charge in [-0.2, -0.15) is 0 Å². The Morgan fingerprint density at radius 2 is 1.79 bits per heavy atom. The number of hydrogen-bond donors (Lipinski definition) is 0. The standard InChI is InChI=1S/C16H23O2S/c1-2-3-4-7-14-10-12-16(13-11-14)19(17,18)15-8-5-6-9-15/h2,10-13,15H,3-9H2,1H3. The van der Waals surface area contributed by atoms with E-state index in [9.17, 15) is 8.42 Å². The zero-order chi connectivity index (χ0) is 13.7. The monoisotopic (exact) mass is 279 g/mol. The SMILES string of the molecule is C[CH]CCCc1ccc(S(=O)(=O)C2CCCC2)cc1. The largest absolute Gasteiger partial charge is 0.223 e. The fourth-order valence-corrected chi connectivity index (χ4v) is 4.60. The number of benzene rings is 1. The number of sulfone groups is 1. The minimum absolute atomic E-state index is 0.145. The van der Waals surface area contributed by atoms with E-state index in [1.807, 2.05) is 12.1 Å². The van der Waals surface area contributed by atoms with Crippen LogP contribution in [0, 0.1) is 6.42 Å². The summed E-state index contributed by atoms with van der Waals surface area (Å²) in [4.78, 5) is 0.505. The first-order valence-electron chi connectivity index (χ1n) is 7.25. The lowest BCUT2D eigenvalue weighted by atomic mass is 10.1. The third-order valence-corrected chi connectivity index (χ3v) is 6.23. The van der Waals surface area contributed by atoms with E-state index in [1.54, 1.807) is 12.1 Å². The average Bonchev–Trinajstić information content (AvgIpc) is 2.94. The van der Waals surface area contributed by atoms with Crippen molar-refractivity contribution in [3.8, 4) is 0 Å². The topological polar surface area (TPSA) is 34.1 Å². The Morgan fingerprint density at radius 1 is 1.16 bits per heavy atom.